The second kappa shape index (κ2) is 8.65. The van der Waals surface area contributed by atoms with Crippen molar-refractivity contribution < 1.29 is 14.4 Å². The number of ether oxygens (including phenoxy) is 1. The Hall–Kier alpha value is -2.13. The number of ketones is 1. The maximum Gasteiger partial charge on any atom is 0.193 e. The Bertz CT molecular complexity index is 631. The molecular weight excluding hydrogens is 298 g/mol. The van der Waals surface area contributed by atoms with E-state index in [0.29, 0.717) is 5.56 Å². The number of nitrogens with one attached hydrogen (secondary N) is 1. The smallest absolute Gasteiger partial charge is 0.193 e. The molecule has 3 nitrogen and oxygen atoms in total. The second-order valence-corrected chi connectivity index (χ2v) is 6.48. The van der Waals surface area contributed by atoms with Crippen LogP contribution in [0.4, 0.5) is 0 Å². The molecule has 0 spiro atoms. The zero-order chi connectivity index (χ0) is 16.6. The molecule has 0 saturated carbocycles. The van der Waals surface area contributed by atoms with Gasteiger partial charge in [0.2, 0.25) is 0 Å². The fourth-order valence-corrected chi connectivity index (χ4v) is 3.27. The number of quaternary nitrogens is 1. The molecule has 0 atom stereocenters. The average molecular weight is 324 g/mol. The predicted octanol–water partition coefficient (Wildman–Crippen LogP) is 2.76. The summed E-state index contributed by atoms with van der Waals surface area (Å²) >= 11 is 0. The lowest BCUT2D eigenvalue weighted by Crippen LogP contribution is -3.12. The molecule has 1 N–H and O–H groups in total. The first-order valence-corrected chi connectivity index (χ1v) is 8.99. The minimum absolute atomic E-state index is 0.0517. The van der Waals surface area contributed by atoms with Crippen molar-refractivity contribution in [1.82, 2.24) is 0 Å². The Morgan fingerprint density at radius 1 is 0.875 bits per heavy atom. The molecule has 0 bridgehead atoms. The number of carbonyl (C=O) groups is 1. The van der Waals surface area contributed by atoms with Crippen LogP contribution in [0.3, 0.4) is 0 Å². The van der Waals surface area contributed by atoms with Gasteiger partial charge in [-0.3, -0.25) is 4.79 Å². The summed E-state index contributed by atoms with van der Waals surface area (Å²) in [7, 11) is 0. The molecule has 2 aromatic rings. The predicted molar refractivity (Wildman–Crippen MR) is 95.8 cm³/mol. The van der Waals surface area contributed by atoms with Crippen LogP contribution < -0.4 is 9.64 Å². The van der Waals surface area contributed by atoms with E-state index >= 15 is 0 Å². The summed E-state index contributed by atoms with van der Waals surface area (Å²) in [5.74, 6) is 0.893. The third-order valence-electron chi connectivity index (χ3n) is 4.66. The van der Waals surface area contributed by atoms with Gasteiger partial charge >= 0.3 is 0 Å². The molecule has 1 aliphatic rings. The number of hydrogen-bond acceptors (Lipinski definition) is 2. The lowest BCUT2D eigenvalue weighted by Gasteiger charge is -2.23. The highest BCUT2D eigenvalue weighted by molar-refractivity contribution is 6.08. The summed E-state index contributed by atoms with van der Waals surface area (Å²) in [6, 6.07) is 16.9. The highest BCUT2D eigenvalue weighted by atomic mass is 16.5. The lowest BCUT2D eigenvalue weighted by atomic mass is 10.0. The van der Waals surface area contributed by atoms with Crippen molar-refractivity contribution >= 4 is 5.78 Å². The highest BCUT2D eigenvalue weighted by Gasteiger charge is 2.12. The number of likely N-dealkylation sites (tertiary alicyclic amines) is 1. The van der Waals surface area contributed by atoms with Crippen molar-refractivity contribution in [2.75, 3.05) is 26.2 Å². The zero-order valence-electron chi connectivity index (χ0n) is 14.2. The molecule has 126 valence electrons. The van der Waals surface area contributed by atoms with Gasteiger partial charge in [-0.25, -0.2) is 0 Å². The van der Waals surface area contributed by atoms with Crippen LogP contribution in [0.15, 0.2) is 54.6 Å². The number of carbonyl (C=O) groups excluding carboxylic acids is 1. The highest BCUT2D eigenvalue weighted by Crippen LogP contribution is 2.15. The van der Waals surface area contributed by atoms with Crippen LogP contribution in [-0.4, -0.2) is 32.0 Å². The normalized spacial score (nSPS) is 15.2. The summed E-state index contributed by atoms with van der Waals surface area (Å²) in [5, 5.41) is 0. The molecule has 1 fully saturated rings. The number of hydrogen-bond donors (Lipinski definition) is 1. The minimum Gasteiger partial charge on any atom is -0.493 e. The SMILES string of the molecule is O=C(c1ccccc1)c1ccc(OCCC[NH+]2CCCCC2)cc1. The number of rotatable bonds is 7. The van der Waals surface area contributed by atoms with Crippen LogP contribution in [0.5, 0.6) is 5.75 Å². The first-order valence-electron chi connectivity index (χ1n) is 8.99. The molecule has 0 radical (unpaired) electrons. The fourth-order valence-electron chi connectivity index (χ4n) is 3.27. The van der Waals surface area contributed by atoms with E-state index in [1.807, 2.05) is 54.6 Å². The van der Waals surface area contributed by atoms with Gasteiger partial charge in [-0.15, -0.1) is 0 Å². The fraction of sp³-hybridized carbons (Fsp3) is 0.381. The third-order valence-corrected chi connectivity index (χ3v) is 4.66. The maximum absolute atomic E-state index is 12.3. The van der Waals surface area contributed by atoms with Gasteiger partial charge in [0.25, 0.3) is 0 Å². The van der Waals surface area contributed by atoms with E-state index in [-0.39, 0.29) is 5.78 Å². The van der Waals surface area contributed by atoms with Crippen LogP contribution in [0.25, 0.3) is 0 Å². The van der Waals surface area contributed by atoms with Gasteiger partial charge in [0.1, 0.15) is 5.75 Å². The summed E-state index contributed by atoms with van der Waals surface area (Å²) in [5.41, 5.74) is 1.42. The Balaban J connectivity index is 1.45. The van der Waals surface area contributed by atoms with Gasteiger partial charge in [-0.2, -0.15) is 0 Å². The van der Waals surface area contributed by atoms with Crippen molar-refractivity contribution in [3.63, 3.8) is 0 Å². The van der Waals surface area contributed by atoms with Crippen LogP contribution in [0, 0.1) is 0 Å². The molecule has 3 heteroatoms. The van der Waals surface area contributed by atoms with Gasteiger partial charge in [0.15, 0.2) is 5.78 Å². The molecule has 0 aliphatic carbocycles. The zero-order valence-corrected chi connectivity index (χ0v) is 14.2. The molecule has 1 saturated heterocycles. The van der Waals surface area contributed by atoms with Gasteiger partial charge in [0, 0.05) is 17.5 Å². The van der Waals surface area contributed by atoms with Crippen molar-refractivity contribution in [2.45, 2.75) is 25.7 Å². The average Bonchev–Trinajstić information content (AvgIpc) is 2.67. The first kappa shape index (κ1) is 16.7. The molecule has 1 aliphatic heterocycles. The Kier molecular flexibility index (Phi) is 6.02. The molecule has 2 aromatic carbocycles. The molecule has 0 amide bonds. The quantitative estimate of drug-likeness (QED) is 0.627. The van der Waals surface area contributed by atoms with Gasteiger partial charge < -0.3 is 9.64 Å². The van der Waals surface area contributed by atoms with Gasteiger partial charge in [0.05, 0.1) is 26.2 Å². The largest absolute Gasteiger partial charge is 0.493 e. The molecule has 3 rings (SSSR count). The molecule has 0 aromatic heterocycles. The van der Waals surface area contributed by atoms with Crippen molar-refractivity contribution in [3.8, 4) is 5.75 Å². The maximum atomic E-state index is 12.3. The van der Waals surface area contributed by atoms with Crippen LogP contribution in [0.1, 0.15) is 41.6 Å². The van der Waals surface area contributed by atoms with Gasteiger partial charge in [-0.1, -0.05) is 30.3 Å². The summed E-state index contributed by atoms with van der Waals surface area (Å²) in [6.07, 6.45) is 5.22. The minimum atomic E-state index is 0.0517. The van der Waals surface area contributed by atoms with E-state index in [1.54, 1.807) is 4.90 Å². The van der Waals surface area contributed by atoms with Gasteiger partial charge in [-0.05, 0) is 43.5 Å². The van der Waals surface area contributed by atoms with E-state index in [0.717, 1.165) is 24.3 Å². The first-order chi connectivity index (χ1) is 11.8. The van der Waals surface area contributed by atoms with E-state index in [9.17, 15) is 4.79 Å². The second-order valence-electron chi connectivity index (χ2n) is 6.48. The summed E-state index contributed by atoms with van der Waals surface area (Å²) in [4.78, 5) is 14.1. The Morgan fingerprint density at radius 2 is 1.54 bits per heavy atom. The van der Waals surface area contributed by atoms with Crippen molar-refractivity contribution in [2.24, 2.45) is 0 Å². The van der Waals surface area contributed by atoms with E-state index < -0.39 is 0 Å². The van der Waals surface area contributed by atoms with Crippen molar-refractivity contribution in [3.05, 3.63) is 65.7 Å². The molecular formula is C21H26NO2+. The number of benzene rings is 2. The van der Waals surface area contributed by atoms with Crippen LogP contribution in [-0.2, 0) is 0 Å². The molecule has 1 heterocycles. The lowest BCUT2D eigenvalue weighted by molar-refractivity contribution is -0.905. The van der Waals surface area contributed by atoms with Crippen LogP contribution in [0.2, 0.25) is 0 Å². The molecule has 24 heavy (non-hydrogen) atoms. The summed E-state index contributed by atoms with van der Waals surface area (Å²) < 4.78 is 5.81. The van der Waals surface area contributed by atoms with E-state index in [4.69, 9.17) is 4.74 Å². The number of piperidine rings is 1. The Labute approximate surface area is 144 Å². The topological polar surface area (TPSA) is 30.7 Å². The molecule has 0 unspecified atom stereocenters. The van der Waals surface area contributed by atoms with E-state index in [2.05, 4.69) is 0 Å². The summed E-state index contributed by atoms with van der Waals surface area (Å²) in [6.45, 7) is 4.58. The third kappa shape index (κ3) is 4.68. The van der Waals surface area contributed by atoms with Crippen molar-refractivity contribution in [1.29, 1.82) is 0 Å². The standard InChI is InChI=1S/C21H25NO2/c23-21(18-8-3-1-4-9-18)19-10-12-20(13-11-19)24-17-7-16-22-14-5-2-6-15-22/h1,3-4,8-13H,2,5-7,14-17H2/p+1. The Morgan fingerprint density at radius 3 is 2.25 bits per heavy atom. The van der Waals surface area contributed by atoms with E-state index in [1.165, 1.54) is 38.9 Å². The monoisotopic (exact) mass is 324 g/mol. The van der Waals surface area contributed by atoms with Crippen LogP contribution >= 0.6 is 0 Å².